The van der Waals surface area contributed by atoms with Gasteiger partial charge < -0.3 is 5.11 Å². The smallest absolute Gasteiger partial charge is 0.303 e. The molecule has 1 N–H and O–H groups in total. The summed E-state index contributed by atoms with van der Waals surface area (Å²) in [5.74, 6) is -0.226. The van der Waals surface area contributed by atoms with Crippen molar-refractivity contribution in [2.45, 2.75) is 19.4 Å². The number of nitrogens with zero attached hydrogens (tertiary/aromatic N) is 6. The summed E-state index contributed by atoms with van der Waals surface area (Å²) in [6.45, 7) is 0.472. The Bertz CT molecular complexity index is 517. The van der Waals surface area contributed by atoms with Crippen LogP contribution in [0.5, 0.6) is 0 Å². The lowest BCUT2D eigenvalue weighted by Gasteiger charge is -2.03. The number of aliphatic carboxylic acids is 1. The minimum atomic E-state index is -0.819. The molecule has 2 aromatic rings. The van der Waals surface area contributed by atoms with Crippen molar-refractivity contribution in [2.24, 2.45) is 7.05 Å². The van der Waals surface area contributed by atoms with E-state index in [0.29, 0.717) is 18.8 Å². The van der Waals surface area contributed by atoms with Gasteiger partial charge >= 0.3 is 5.97 Å². The van der Waals surface area contributed by atoms with Crippen molar-refractivity contribution < 1.29 is 9.90 Å². The third kappa shape index (κ3) is 2.47. The zero-order chi connectivity index (χ0) is 12.3. The molecule has 0 amide bonds. The number of carboxylic acid groups (broad SMARTS) is 1. The quantitative estimate of drug-likeness (QED) is 0.780. The van der Waals surface area contributed by atoms with Crippen molar-refractivity contribution >= 4 is 5.97 Å². The Hall–Kier alpha value is -2.25. The van der Waals surface area contributed by atoms with Crippen LogP contribution in [0.2, 0.25) is 0 Å². The Morgan fingerprint density at radius 1 is 1.53 bits per heavy atom. The Morgan fingerprint density at radius 3 is 3.00 bits per heavy atom. The first kappa shape index (κ1) is 11.2. The lowest BCUT2D eigenvalue weighted by Crippen LogP contribution is -2.07. The van der Waals surface area contributed by atoms with E-state index in [1.54, 1.807) is 28.7 Å². The molecule has 0 aliphatic heterocycles. The second-order valence-electron chi connectivity index (χ2n) is 3.56. The topological polar surface area (TPSA) is 98.7 Å². The molecule has 90 valence electrons. The number of aryl methyl sites for hydroxylation is 2. The number of carboxylic acids is 1. The van der Waals surface area contributed by atoms with Crippen molar-refractivity contribution in [1.82, 2.24) is 30.0 Å². The standard InChI is InChI=1S/C9H12N6O2/c1-14-7(4-5-10-14)9-11-12-13-15(9)6-2-3-8(16)17/h4-5H,2-3,6H2,1H3,(H,16,17). The highest BCUT2D eigenvalue weighted by atomic mass is 16.4. The zero-order valence-electron chi connectivity index (χ0n) is 9.31. The molecule has 2 rings (SSSR count). The van der Waals surface area contributed by atoms with Gasteiger partial charge in [-0.25, -0.2) is 4.68 Å². The predicted octanol–water partition coefficient (Wildman–Crippen LogP) is -0.0616. The van der Waals surface area contributed by atoms with Gasteiger partial charge in [0.25, 0.3) is 0 Å². The van der Waals surface area contributed by atoms with E-state index in [9.17, 15) is 4.79 Å². The third-order valence-electron chi connectivity index (χ3n) is 2.34. The summed E-state index contributed by atoms with van der Waals surface area (Å²) in [7, 11) is 1.80. The molecule has 0 radical (unpaired) electrons. The van der Waals surface area contributed by atoms with Crippen LogP contribution in [0.1, 0.15) is 12.8 Å². The first-order valence-electron chi connectivity index (χ1n) is 5.15. The Kier molecular flexibility index (Phi) is 3.12. The number of carbonyl (C=O) groups is 1. The highest BCUT2D eigenvalue weighted by molar-refractivity contribution is 5.66. The van der Waals surface area contributed by atoms with Gasteiger partial charge in [-0.2, -0.15) is 5.10 Å². The van der Waals surface area contributed by atoms with Gasteiger partial charge in [-0.05, 0) is 22.9 Å². The molecule has 0 fully saturated rings. The van der Waals surface area contributed by atoms with Crippen molar-refractivity contribution in [2.75, 3.05) is 0 Å². The fourth-order valence-electron chi connectivity index (χ4n) is 1.51. The molecule has 0 saturated carbocycles. The number of hydrogen-bond acceptors (Lipinski definition) is 5. The van der Waals surface area contributed by atoms with Crippen molar-refractivity contribution in [3.63, 3.8) is 0 Å². The van der Waals surface area contributed by atoms with Crippen molar-refractivity contribution in [3.05, 3.63) is 12.3 Å². The SMILES string of the molecule is Cn1nccc1-c1nnnn1CCCC(=O)O. The molecule has 2 aromatic heterocycles. The molecule has 0 aliphatic rings. The van der Waals surface area contributed by atoms with Gasteiger partial charge in [-0.1, -0.05) is 0 Å². The van der Waals surface area contributed by atoms with Gasteiger partial charge in [0.15, 0.2) is 5.82 Å². The van der Waals surface area contributed by atoms with Crippen molar-refractivity contribution in [3.8, 4) is 11.5 Å². The lowest BCUT2D eigenvalue weighted by molar-refractivity contribution is -0.137. The maximum absolute atomic E-state index is 10.4. The van der Waals surface area contributed by atoms with Crippen LogP contribution in [-0.4, -0.2) is 41.1 Å². The van der Waals surface area contributed by atoms with Crippen LogP contribution in [0.3, 0.4) is 0 Å². The highest BCUT2D eigenvalue weighted by Crippen LogP contribution is 2.14. The van der Waals surface area contributed by atoms with Gasteiger partial charge in [-0.3, -0.25) is 9.48 Å². The van der Waals surface area contributed by atoms with E-state index in [2.05, 4.69) is 20.6 Å². The number of hydrogen-bond donors (Lipinski definition) is 1. The number of tetrazole rings is 1. The summed E-state index contributed by atoms with van der Waals surface area (Å²) in [4.78, 5) is 10.4. The van der Waals surface area contributed by atoms with Gasteiger partial charge in [-0.15, -0.1) is 5.10 Å². The molecule has 0 atom stereocenters. The summed E-state index contributed by atoms with van der Waals surface area (Å²) in [6.07, 6.45) is 2.25. The molecule has 8 heteroatoms. The van der Waals surface area contributed by atoms with E-state index in [1.165, 1.54) is 0 Å². The van der Waals surface area contributed by atoms with Crippen LogP contribution < -0.4 is 0 Å². The average Bonchev–Trinajstić information content (AvgIpc) is 2.86. The van der Waals surface area contributed by atoms with Crippen molar-refractivity contribution in [1.29, 1.82) is 0 Å². The summed E-state index contributed by atoms with van der Waals surface area (Å²) in [6, 6.07) is 1.80. The molecule has 17 heavy (non-hydrogen) atoms. The van der Waals surface area contributed by atoms with Gasteiger partial charge in [0.2, 0.25) is 0 Å². The summed E-state index contributed by atoms with van der Waals surface area (Å²) < 4.78 is 3.25. The zero-order valence-corrected chi connectivity index (χ0v) is 9.31. The average molecular weight is 236 g/mol. The van der Waals surface area contributed by atoms with Crippen LogP contribution in [-0.2, 0) is 18.4 Å². The van der Waals surface area contributed by atoms with Crippen LogP contribution in [0.15, 0.2) is 12.3 Å². The van der Waals surface area contributed by atoms with E-state index in [4.69, 9.17) is 5.11 Å². The molecule has 2 heterocycles. The van der Waals surface area contributed by atoms with Gasteiger partial charge in [0.05, 0.1) is 0 Å². The molecule has 0 spiro atoms. The van der Waals surface area contributed by atoms with E-state index in [-0.39, 0.29) is 6.42 Å². The van der Waals surface area contributed by atoms with Gasteiger partial charge in [0, 0.05) is 26.2 Å². The third-order valence-corrected chi connectivity index (χ3v) is 2.34. The highest BCUT2D eigenvalue weighted by Gasteiger charge is 2.12. The van der Waals surface area contributed by atoms with E-state index >= 15 is 0 Å². The largest absolute Gasteiger partial charge is 0.481 e. The van der Waals surface area contributed by atoms with E-state index in [0.717, 1.165) is 5.69 Å². The number of aromatic nitrogens is 6. The second-order valence-corrected chi connectivity index (χ2v) is 3.56. The molecular formula is C9H12N6O2. The molecule has 0 unspecified atom stereocenters. The molecule has 0 saturated heterocycles. The molecule has 8 nitrogen and oxygen atoms in total. The normalized spacial score (nSPS) is 10.6. The minimum Gasteiger partial charge on any atom is -0.481 e. The Balaban J connectivity index is 2.12. The number of rotatable bonds is 5. The molecule has 0 bridgehead atoms. The first-order valence-corrected chi connectivity index (χ1v) is 5.15. The summed E-state index contributed by atoms with van der Waals surface area (Å²) in [5.41, 5.74) is 0.797. The molecule has 0 aromatic carbocycles. The minimum absolute atomic E-state index is 0.102. The predicted molar refractivity (Wildman–Crippen MR) is 56.9 cm³/mol. The maximum Gasteiger partial charge on any atom is 0.303 e. The Labute approximate surface area is 96.9 Å². The van der Waals surface area contributed by atoms with E-state index in [1.807, 2.05) is 0 Å². The molecular weight excluding hydrogens is 224 g/mol. The van der Waals surface area contributed by atoms with Gasteiger partial charge in [0.1, 0.15) is 5.69 Å². The van der Waals surface area contributed by atoms with E-state index < -0.39 is 5.97 Å². The fraction of sp³-hybridized carbons (Fsp3) is 0.444. The van der Waals surface area contributed by atoms with Crippen LogP contribution in [0.4, 0.5) is 0 Å². The molecule has 0 aliphatic carbocycles. The second kappa shape index (κ2) is 4.73. The van der Waals surface area contributed by atoms with Crippen LogP contribution in [0.25, 0.3) is 11.5 Å². The monoisotopic (exact) mass is 236 g/mol. The van der Waals surface area contributed by atoms with Crippen LogP contribution in [0, 0.1) is 0 Å². The maximum atomic E-state index is 10.4. The Morgan fingerprint density at radius 2 is 2.35 bits per heavy atom. The summed E-state index contributed by atoms with van der Waals surface area (Å²) >= 11 is 0. The van der Waals surface area contributed by atoms with Crippen LogP contribution >= 0.6 is 0 Å². The lowest BCUT2D eigenvalue weighted by atomic mass is 10.3. The first-order chi connectivity index (χ1) is 8.18. The summed E-state index contributed by atoms with van der Waals surface area (Å²) in [5, 5.41) is 23.9. The fourth-order valence-corrected chi connectivity index (χ4v) is 1.51.